The molecule has 5 nitrogen and oxygen atoms in total. The van der Waals surface area contributed by atoms with Crippen molar-refractivity contribution in [2.75, 3.05) is 7.11 Å². The fraction of sp³-hybridized carbons (Fsp3) is 0.833. The molecule has 0 aliphatic heterocycles. The van der Waals surface area contributed by atoms with E-state index < -0.39 is 23.7 Å². The van der Waals surface area contributed by atoms with Crippen LogP contribution in [0.15, 0.2) is 0 Å². The predicted molar refractivity (Wildman–Crippen MR) is 64.7 cm³/mol. The lowest BCUT2D eigenvalue weighted by molar-refractivity contribution is -0.143. The van der Waals surface area contributed by atoms with Gasteiger partial charge in [-0.2, -0.15) is 0 Å². The van der Waals surface area contributed by atoms with Gasteiger partial charge in [-0.05, 0) is 27.2 Å². The van der Waals surface area contributed by atoms with Crippen molar-refractivity contribution in [2.45, 2.75) is 58.6 Å². The number of ether oxygens (including phenoxy) is 2. The number of methoxy groups -OCH3 is 1. The van der Waals surface area contributed by atoms with E-state index in [1.165, 1.54) is 7.11 Å². The molecular formula is C12H23NO4. The van der Waals surface area contributed by atoms with Gasteiger partial charge in [-0.15, -0.1) is 0 Å². The molecule has 1 atom stereocenters. The molecule has 0 bridgehead atoms. The summed E-state index contributed by atoms with van der Waals surface area (Å²) < 4.78 is 9.72. The highest BCUT2D eigenvalue weighted by atomic mass is 16.6. The number of carbonyl (C=O) groups excluding carboxylic acids is 2. The van der Waals surface area contributed by atoms with Crippen LogP contribution in [-0.4, -0.2) is 30.8 Å². The number of nitrogens with one attached hydrogen (secondary N) is 1. The van der Waals surface area contributed by atoms with Crippen LogP contribution in [0.25, 0.3) is 0 Å². The van der Waals surface area contributed by atoms with Gasteiger partial charge in [-0.3, -0.25) is 0 Å². The van der Waals surface area contributed by atoms with Crippen molar-refractivity contribution < 1.29 is 19.1 Å². The Morgan fingerprint density at radius 3 is 2.29 bits per heavy atom. The molecule has 0 aromatic heterocycles. The molecule has 0 aliphatic carbocycles. The molecule has 0 radical (unpaired) electrons. The summed E-state index contributed by atoms with van der Waals surface area (Å²) in [5.41, 5.74) is -0.574. The van der Waals surface area contributed by atoms with Gasteiger partial charge in [0.05, 0.1) is 7.11 Å². The van der Waals surface area contributed by atoms with Crippen molar-refractivity contribution >= 4 is 12.1 Å². The average Bonchev–Trinajstić information content (AvgIpc) is 2.20. The molecular weight excluding hydrogens is 222 g/mol. The van der Waals surface area contributed by atoms with E-state index in [0.29, 0.717) is 6.42 Å². The Hall–Kier alpha value is -1.26. The summed E-state index contributed by atoms with van der Waals surface area (Å²) in [6.45, 7) is 7.32. The van der Waals surface area contributed by atoms with Crippen LogP contribution in [0.3, 0.4) is 0 Å². The molecule has 0 spiro atoms. The van der Waals surface area contributed by atoms with Gasteiger partial charge in [0.15, 0.2) is 0 Å². The minimum atomic E-state index is -0.630. The highest BCUT2D eigenvalue weighted by Crippen LogP contribution is 2.08. The van der Waals surface area contributed by atoms with Crippen molar-refractivity contribution in [2.24, 2.45) is 0 Å². The van der Waals surface area contributed by atoms with Gasteiger partial charge in [-0.25, -0.2) is 9.59 Å². The summed E-state index contributed by atoms with van der Waals surface area (Å²) in [6, 6.07) is -0.630. The van der Waals surface area contributed by atoms with Gasteiger partial charge in [-0.1, -0.05) is 19.8 Å². The quantitative estimate of drug-likeness (QED) is 0.754. The summed E-state index contributed by atoms with van der Waals surface area (Å²) in [7, 11) is 1.30. The van der Waals surface area contributed by atoms with Crippen LogP contribution < -0.4 is 5.32 Å². The summed E-state index contributed by atoms with van der Waals surface area (Å²) in [6.07, 6.45) is 1.76. The molecule has 5 heteroatoms. The van der Waals surface area contributed by atoms with Crippen molar-refractivity contribution in [1.82, 2.24) is 5.32 Å². The second-order valence-corrected chi connectivity index (χ2v) is 4.86. The second-order valence-electron chi connectivity index (χ2n) is 4.86. The second kappa shape index (κ2) is 7.14. The van der Waals surface area contributed by atoms with Crippen molar-refractivity contribution in [3.63, 3.8) is 0 Å². The third-order valence-electron chi connectivity index (χ3n) is 2.02. The van der Waals surface area contributed by atoms with E-state index in [2.05, 4.69) is 10.1 Å². The molecule has 17 heavy (non-hydrogen) atoms. The Balaban J connectivity index is 4.32. The number of alkyl carbamates (subject to hydrolysis) is 1. The fourth-order valence-corrected chi connectivity index (χ4v) is 1.25. The smallest absolute Gasteiger partial charge is 0.408 e. The molecule has 0 aliphatic rings. The topological polar surface area (TPSA) is 64.6 Å². The van der Waals surface area contributed by atoms with E-state index in [1.807, 2.05) is 6.92 Å². The Morgan fingerprint density at radius 2 is 1.88 bits per heavy atom. The van der Waals surface area contributed by atoms with Gasteiger partial charge in [0, 0.05) is 0 Å². The number of hydrogen-bond donors (Lipinski definition) is 1. The van der Waals surface area contributed by atoms with Crippen molar-refractivity contribution in [3.05, 3.63) is 0 Å². The monoisotopic (exact) mass is 245 g/mol. The Kier molecular flexibility index (Phi) is 6.61. The van der Waals surface area contributed by atoms with E-state index in [-0.39, 0.29) is 0 Å². The van der Waals surface area contributed by atoms with E-state index >= 15 is 0 Å². The van der Waals surface area contributed by atoms with Crippen LogP contribution in [0, 0.1) is 0 Å². The molecule has 0 saturated heterocycles. The molecule has 1 unspecified atom stereocenters. The lowest BCUT2D eigenvalue weighted by atomic mass is 10.1. The largest absolute Gasteiger partial charge is 0.467 e. The zero-order chi connectivity index (χ0) is 13.5. The highest BCUT2D eigenvalue weighted by molar-refractivity contribution is 5.81. The molecule has 0 saturated carbocycles. The van der Waals surface area contributed by atoms with Gasteiger partial charge < -0.3 is 14.8 Å². The summed E-state index contributed by atoms with van der Waals surface area (Å²) in [4.78, 5) is 22.9. The van der Waals surface area contributed by atoms with Crippen LogP contribution >= 0.6 is 0 Å². The molecule has 0 heterocycles. The summed E-state index contributed by atoms with van der Waals surface area (Å²) in [5.74, 6) is -0.440. The van der Waals surface area contributed by atoms with Crippen LogP contribution in [0.4, 0.5) is 4.79 Å². The molecule has 1 amide bonds. The average molecular weight is 245 g/mol. The highest BCUT2D eigenvalue weighted by Gasteiger charge is 2.24. The number of rotatable bonds is 5. The first-order valence-electron chi connectivity index (χ1n) is 5.87. The van der Waals surface area contributed by atoms with E-state index in [1.54, 1.807) is 20.8 Å². The normalized spacial score (nSPS) is 12.8. The molecule has 0 aromatic carbocycles. The van der Waals surface area contributed by atoms with Crippen LogP contribution in [-0.2, 0) is 14.3 Å². The molecule has 1 N–H and O–H groups in total. The first-order chi connectivity index (χ1) is 7.80. The summed E-state index contributed by atoms with van der Waals surface area (Å²) >= 11 is 0. The van der Waals surface area contributed by atoms with E-state index in [4.69, 9.17) is 4.74 Å². The standard InChI is InChI=1S/C12H23NO4/c1-6-7-8-9(10(14)16-5)13-11(15)17-12(2,3)4/h9H,6-8H2,1-5H3,(H,13,15). The number of esters is 1. The Bertz CT molecular complexity index is 258. The fourth-order valence-electron chi connectivity index (χ4n) is 1.25. The van der Waals surface area contributed by atoms with Gasteiger partial charge >= 0.3 is 12.1 Å². The third-order valence-corrected chi connectivity index (χ3v) is 2.02. The van der Waals surface area contributed by atoms with E-state index in [0.717, 1.165) is 12.8 Å². The number of unbranched alkanes of at least 4 members (excludes halogenated alkanes) is 1. The molecule has 100 valence electrons. The number of amides is 1. The minimum Gasteiger partial charge on any atom is -0.467 e. The maximum absolute atomic E-state index is 11.5. The maximum Gasteiger partial charge on any atom is 0.408 e. The number of hydrogen-bond acceptors (Lipinski definition) is 4. The van der Waals surface area contributed by atoms with Crippen LogP contribution in [0.5, 0.6) is 0 Å². The minimum absolute atomic E-state index is 0.440. The lowest BCUT2D eigenvalue weighted by Gasteiger charge is -2.22. The van der Waals surface area contributed by atoms with Gasteiger partial charge in [0.2, 0.25) is 0 Å². The van der Waals surface area contributed by atoms with Gasteiger partial charge in [0.1, 0.15) is 11.6 Å². The molecule has 0 fully saturated rings. The lowest BCUT2D eigenvalue weighted by Crippen LogP contribution is -2.43. The number of carbonyl (C=O) groups is 2. The van der Waals surface area contributed by atoms with Crippen LogP contribution in [0.2, 0.25) is 0 Å². The molecule has 0 aromatic rings. The summed E-state index contributed by atoms with van der Waals surface area (Å²) in [5, 5.41) is 2.52. The molecule has 0 rings (SSSR count). The zero-order valence-corrected chi connectivity index (χ0v) is 11.3. The van der Waals surface area contributed by atoms with Gasteiger partial charge in [0.25, 0.3) is 0 Å². The SMILES string of the molecule is CCCCC(NC(=O)OC(C)(C)C)C(=O)OC. The Labute approximate surface area is 103 Å². The van der Waals surface area contributed by atoms with Crippen molar-refractivity contribution in [3.8, 4) is 0 Å². The first-order valence-corrected chi connectivity index (χ1v) is 5.87. The zero-order valence-electron chi connectivity index (χ0n) is 11.3. The van der Waals surface area contributed by atoms with Crippen LogP contribution in [0.1, 0.15) is 47.0 Å². The van der Waals surface area contributed by atoms with Crippen molar-refractivity contribution in [1.29, 1.82) is 0 Å². The maximum atomic E-state index is 11.5. The third kappa shape index (κ3) is 7.60. The predicted octanol–water partition coefficient (Wildman–Crippen LogP) is 2.24. The first kappa shape index (κ1) is 15.7. The Morgan fingerprint density at radius 1 is 1.29 bits per heavy atom. The van der Waals surface area contributed by atoms with E-state index in [9.17, 15) is 9.59 Å².